The second-order valence-electron chi connectivity index (χ2n) is 17.9. The van der Waals surface area contributed by atoms with Gasteiger partial charge in [-0.05, 0) is 77.0 Å². The average Bonchev–Trinajstić information content (AvgIpc) is 3.27. The van der Waals surface area contributed by atoms with Crippen LogP contribution in [0.25, 0.3) is 0 Å². The van der Waals surface area contributed by atoms with Crippen molar-refractivity contribution in [1.29, 1.82) is 0 Å². The van der Waals surface area contributed by atoms with Crippen LogP contribution in [0.3, 0.4) is 0 Å². The molecule has 1 unspecified atom stereocenters. The molecule has 356 valence electrons. The first-order valence-electron chi connectivity index (χ1n) is 26.9. The van der Waals surface area contributed by atoms with E-state index in [1.165, 1.54) is 205 Å². The molecule has 1 N–H and O–H groups in total. The SMILES string of the molecule is CC/C=C\C/C=C\C/C=C\C/C=C\CCCCCCCCCCCCC(=O)OC(CO)COCCCCCCCCCCCCCCCC/C=C\CCCCCCCCCC. The Kier molecular flexibility index (Phi) is 52.5. The van der Waals surface area contributed by atoms with Crippen LogP contribution in [0.4, 0.5) is 0 Å². The van der Waals surface area contributed by atoms with Gasteiger partial charge in [-0.1, -0.05) is 248 Å². The van der Waals surface area contributed by atoms with E-state index in [0.29, 0.717) is 19.6 Å². The summed E-state index contributed by atoms with van der Waals surface area (Å²) in [6.07, 6.45) is 73.3. The van der Waals surface area contributed by atoms with Crippen molar-refractivity contribution in [3.63, 3.8) is 0 Å². The zero-order valence-electron chi connectivity index (χ0n) is 40.9. The molecule has 0 heterocycles. The van der Waals surface area contributed by atoms with Gasteiger partial charge in [-0.3, -0.25) is 4.79 Å². The minimum absolute atomic E-state index is 0.173. The lowest BCUT2D eigenvalue weighted by Crippen LogP contribution is -2.27. The summed E-state index contributed by atoms with van der Waals surface area (Å²) in [4.78, 5) is 12.3. The summed E-state index contributed by atoms with van der Waals surface area (Å²) in [6.45, 7) is 5.26. The fourth-order valence-electron chi connectivity index (χ4n) is 7.85. The normalized spacial score (nSPS) is 12.8. The van der Waals surface area contributed by atoms with E-state index in [1.807, 2.05) is 0 Å². The van der Waals surface area contributed by atoms with Crippen molar-refractivity contribution in [1.82, 2.24) is 0 Å². The van der Waals surface area contributed by atoms with Gasteiger partial charge in [0.15, 0.2) is 0 Å². The third-order valence-corrected chi connectivity index (χ3v) is 11.8. The van der Waals surface area contributed by atoms with Gasteiger partial charge < -0.3 is 14.6 Å². The molecule has 0 spiro atoms. The van der Waals surface area contributed by atoms with Crippen LogP contribution in [0.5, 0.6) is 0 Å². The molecule has 0 aliphatic carbocycles. The molecule has 0 aromatic rings. The van der Waals surface area contributed by atoms with E-state index in [0.717, 1.165) is 44.9 Å². The highest BCUT2D eigenvalue weighted by Crippen LogP contribution is 2.16. The van der Waals surface area contributed by atoms with Crippen LogP contribution in [0.2, 0.25) is 0 Å². The number of esters is 1. The van der Waals surface area contributed by atoms with E-state index in [4.69, 9.17) is 9.47 Å². The summed E-state index contributed by atoms with van der Waals surface area (Å²) in [5.41, 5.74) is 0. The molecule has 0 bridgehead atoms. The van der Waals surface area contributed by atoms with Crippen molar-refractivity contribution < 1.29 is 19.4 Å². The van der Waals surface area contributed by atoms with E-state index in [2.05, 4.69) is 74.6 Å². The van der Waals surface area contributed by atoms with E-state index >= 15 is 0 Å². The van der Waals surface area contributed by atoms with Gasteiger partial charge in [-0.25, -0.2) is 0 Å². The van der Waals surface area contributed by atoms with Crippen molar-refractivity contribution in [3.8, 4) is 0 Å². The first kappa shape index (κ1) is 59.1. The predicted molar refractivity (Wildman–Crippen MR) is 270 cm³/mol. The van der Waals surface area contributed by atoms with Crippen LogP contribution in [0, 0.1) is 0 Å². The Morgan fingerprint density at radius 2 is 0.738 bits per heavy atom. The molecule has 1 atom stereocenters. The van der Waals surface area contributed by atoms with Gasteiger partial charge in [0.25, 0.3) is 0 Å². The first-order chi connectivity index (χ1) is 30.2. The molecule has 61 heavy (non-hydrogen) atoms. The summed E-state index contributed by atoms with van der Waals surface area (Å²) in [6, 6.07) is 0. The second-order valence-corrected chi connectivity index (χ2v) is 17.9. The molecule has 0 saturated carbocycles. The summed E-state index contributed by atoms with van der Waals surface area (Å²) in [5, 5.41) is 9.67. The predicted octanol–water partition coefficient (Wildman–Crippen LogP) is 18.3. The Bertz CT molecular complexity index is 993. The fourth-order valence-corrected chi connectivity index (χ4v) is 7.85. The van der Waals surface area contributed by atoms with Gasteiger partial charge >= 0.3 is 5.97 Å². The fraction of sp³-hybridized carbons (Fsp3) is 0.807. The number of hydrogen-bond acceptors (Lipinski definition) is 4. The second kappa shape index (κ2) is 54.2. The summed E-state index contributed by atoms with van der Waals surface area (Å²) in [5.74, 6) is -0.203. The molecule has 0 aliphatic heterocycles. The molecule has 0 radical (unpaired) electrons. The van der Waals surface area contributed by atoms with Gasteiger partial charge in [0, 0.05) is 13.0 Å². The third kappa shape index (κ3) is 52.3. The Morgan fingerprint density at radius 3 is 1.13 bits per heavy atom. The number of carbonyl (C=O) groups excluding carboxylic acids is 1. The topological polar surface area (TPSA) is 55.8 Å². The van der Waals surface area contributed by atoms with E-state index in [1.54, 1.807) is 0 Å². The molecule has 0 saturated heterocycles. The Balaban J connectivity index is 3.39. The number of hydrogen-bond donors (Lipinski definition) is 1. The Labute approximate surface area is 381 Å². The van der Waals surface area contributed by atoms with Crippen molar-refractivity contribution in [2.75, 3.05) is 19.8 Å². The maximum atomic E-state index is 12.3. The minimum Gasteiger partial charge on any atom is -0.457 e. The van der Waals surface area contributed by atoms with Gasteiger partial charge in [0.1, 0.15) is 6.10 Å². The van der Waals surface area contributed by atoms with Gasteiger partial charge in [-0.2, -0.15) is 0 Å². The molecule has 0 aliphatic rings. The number of allylic oxidation sites excluding steroid dienone is 10. The molecule has 0 rings (SSSR count). The lowest BCUT2D eigenvalue weighted by atomic mass is 10.0. The molecular formula is C57H104O4. The van der Waals surface area contributed by atoms with Crippen LogP contribution >= 0.6 is 0 Å². The van der Waals surface area contributed by atoms with Crippen molar-refractivity contribution in [3.05, 3.63) is 60.8 Å². The summed E-state index contributed by atoms with van der Waals surface area (Å²) >= 11 is 0. The largest absolute Gasteiger partial charge is 0.457 e. The number of ether oxygens (including phenoxy) is 2. The Morgan fingerprint density at radius 1 is 0.410 bits per heavy atom. The highest BCUT2D eigenvalue weighted by atomic mass is 16.6. The third-order valence-electron chi connectivity index (χ3n) is 11.8. The molecular weight excluding hydrogens is 749 g/mol. The lowest BCUT2D eigenvalue weighted by molar-refractivity contribution is -0.154. The van der Waals surface area contributed by atoms with Crippen LogP contribution in [-0.4, -0.2) is 37.0 Å². The Hall–Kier alpha value is -1.91. The van der Waals surface area contributed by atoms with Crippen LogP contribution in [0.15, 0.2) is 60.8 Å². The summed E-state index contributed by atoms with van der Waals surface area (Å²) in [7, 11) is 0. The molecule has 0 aromatic carbocycles. The monoisotopic (exact) mass is 853 g/mol. The van der Waals surface area contributed by atoms with Crippen LogP contribution in [-0.2, 0) is 14.3 Å². The van der Waals surface area contributed by atoms with Crippen LogP contribution < -0.4 is 0 Å². The summed E-state index contributed by atoms with van der Waals surface area (Å²) < 4.78 is 11.2. The van der Waals surface area contributed by atoms with E-state index in [9.17, 15) is 9.90 Å². The quantitative estimate of drug-likeness (QED) is 0.0376. The highest BCUT2D eigenvalue weighted by Gasteiger charge is 2.13. The van der Waals surface area contributed by atoms with Crippen LogP contribution in [0.1, 0.15) is 271 Å². The van der Waals surface area contributed by atoms with Gasteiger partial charge in [0.05, 0.1) is 13.2 Å². The minimum atomic E-state index is -0.539. The van der Waals surface area contributed by atoms with Crippen molar-refractivity contribution in [2.24, 2.45) is 0 Å². The van der Waals surface area contributed by atoms with Gasteiger partial charge in [-0.15, -0.1) is 0 Å². The highest BCUT2D eigenvalue weighted by molar-refractivity contribution is 5.69. The smallest absolute Gasteiger partial charge is 0.306 e. The molecule has 0 fully saturated rings. The molecule has 4 nitrogen and oxygen atoms in total. The standard InChI is InChI=1S/C57H104O4/c1-3-5-7-9-11-13-15-17-19-21-23-25-27-28-29-31-33-35-37-39-41-43-45-47-49-51-53-60-55-56(54-58)61-57(59)52-50-48-46-44-42-40-38-36-34-32-30-26-24-22-20-18-16-14-12-10-8-6-4-2/h6,8,12,14,18,20-21,23-24,26,56,58H,3-5,7,9-11,13,15-17,19,22,25,27-55H2,1-2H3/b8-6-,14-12-,20-18-,23-21-,26-24-. The zero-order valence-corrected chi connectivity index (χ0v) is 40.9. The number of carbonyl (C=O) groups is 1. The lowest BCUT2D eigenvalue weighted by Gasteiger charge is -2.16. The number of rotatable bonds is 50. The number of unbranched alkanes of at least 4 members (excludes halogenated alkanes) is 32. The maximum Gasteiger partial charge on any atom is 0.306 e. The molecule has 0 amide bonds. The van der Waals surface area contributed by atoms with Crippen molar-refractivity contribution >= 4 is 5.97 Å². The average molecular weight is 853 g/mol. The van der Waals surface area contributed by atoms with E-state index < -0.39 is 6.10 Å². The number of aliphatic hydroxyl groups is 1. The number of aliphatic hydroxyl groups excluding tert-OH is 1. The first-order valence-corrected chi connectivity index (χ1v) is 26.9. The van der Waals surface area contributed by atoms with E-state index in [-0.39, 0.29) is 12.6 Å². The maximum absolute atomic E-state index is 12.3. The zero-order chi connectivity index (χ0) is 44.0. The molecule has 4 heteroatoms. The molecule has 0 aromatic heterocycles. The van der Waals surface area contributed by atoms with Crippen molar-refractivity contribution in [2.45, 2.75) is 277 Å². The van der Waals surface area contributed by atoms with Gasteiger partial charge in [0.2, 0.25) is 0 Å².